The van der Waals surface area contributed by atoms with Crippen molar-refractivity contribution in [1.82, 2.24) is 15.4 Å². The smallest absolute Gasteiger partial charge is 0.290 e. The Bertz CT molecular complexity index is 644. The Labute approximate surface area is 138 Å². The number of ether oxygens (including phenoxy) is 1. The first-order chi connectivity index (χ1) is 11.3. The van der Waals surface area contributed by atoms with Crippen molar-refractivity contribution in [1.29, 1.82) is 0 Å². The number of rotatable bonds is 4. The van der Waals surface area contributed by atoms with Crippen LogP contribution >= 0.6 is 11.3 Å². The summed E-state index contributed by atoms with van der Waals surface area (Å²) >= 11 is 1.72. The van der Waals surface area contributed by atoms with Crippen molar-refractivity contribution in [3.8, 4) is 0 Å². The van der Waals surface area contributed by atoms with Gasteiger partial charge in [0.25, 0.3) is 5.91 Å². The van der Waals surface area contributed by atoms with E-state index in [1.807, 2.05) is 0 Å². The van der Waals surface area contributed by atoms with E-state index in [0.29, 0.717) is 6.04 Å². The van der Waals surface area contributed by atoms with Crippen LogP contribution in [0.2, 0.25) is 0 Å². The molecule has 0 unspecified atom stereocenters. The first kappa shape index (κ1) is 14.9. The minimum atomic E-state index is -0.224. The van der Waals surface area contributed by atoms with E-state index in [4.69, 9.17) is 9.26 Å². The molecule has 0 saturated carbocycles. The summed E-state index contributed by atoms with van der Waals surface area (Å²) in [7, 11) is 0. The van der Waals surface area contributed by atoms with Crippen molar-refractivity contribution in [3.05, 3.63) is 40.4 Å². The molecule has 0 spiro atoms. The Balaban J connectivity index is 1.47. The molecule has 2 aliphatic rings. The molecule has 2 saturated heterocycles. The molecule has 2 aromatic heterocycles. The Kier molecular flexibility index (Phi) is 4.15. The molecule has 2 aromatic rings. The fourth-order valence-electron chi connectivity index (χ4n) is 3.55. The molecule has 2 fully saturated rings. The molecule has 2 aliphatic heterocycles. The average Bonchev–Trinajstić information content (AvgIpc) is 3.30. The molecule has 122 valence electrons. The van der Waals surface area contributed by atoms with Gasteiger partial charge in [0.2, 0.25) is 5.76 Å². The monoisotopic (exact) mass is 333 g/mol. The van der Waals surface area contributed by atoms with Crippen molar-refractivity contribution in [2.24, 2.45) is 0 Å². The molecule has 7 heteroatoms. The zero-order chi connectivity index (χ0) is 15.6. The summed E-state index contributed by atoms with van der Waals surface area (Å²) in [5, 5.41) is 10.9. The molecule has 1 N–H and O–H groups in total. The van der Waals surface area contributed by atoms with Crippen molar-refractivity contribution in [2.45, 2.75) is 37.6 Å². The van der Waals surface area contributed by atoms with Crippen LogP contribution in [0.15, 0.2) is 33.6 Å². The van der Waals surface area contributed by atoms with Crippen LogP contribution in [-0.4, -0.2) is 47.3 Å². The highest BCUT2D eigenvalue weighted by atomic mass is 32.1. The number of nitrogens with one attached hydrogen (secondary N) is 1. The van der Waals surface area contributed by atoms with Crippen molar-refractivity contribution < 1.29 is 14.1 Å². The quantitative estimate of drug-likeness (QED) is 0.925. The zero-order valence-electron chi connectivity index (χ0n) is 12.7. The van der Waals surface area contributed by atoms with E-state index in [0.717, 1.165) is 32.5 Å². The molecule has 4 rings (SSSR count). The second-order valence-corrected chi connectivity index (χ2v) is 6.84. The number of fused-ring (bicyclic) bond motifs is 1. The third-order valence-electron chi connectivity index (χ3n) is 4.57. The lowest BCUT2D eigenvalue weighted by Crippen LogP contribution is -2.47. The van der Waals surface area contributed by atoms with Gasteiger partial charge in [-0.2, -0.15) is 11.3 Å². The topological polar surface area (TPSA) is 67.6 Å². The van der Waals surface area contributed by atoms with E-state index < -0.39 is 0 Å². The number of hydrogen-bond acceptors (Lipinski definition) is 6. The predicted octanol–water partition coefficient (Wildman–Crippen LogP) is 1.90. The molecule has 0 bridgehead atoms. The molecule has 0 aliphatic carbocycles. The molecule has 1 amide bonds. The van der Waals surface area contributed by atoms with Gasteiger partial charge in [-0.1, -0.05) is 5.16 Å². The fraction of sp³-hybridized carbons (Fsp3) is 0.500. The fourth-order valence-corrected chi connectivity index (χ4v) is 4.21. The Hall–Kier alpha value is -1.70. The van der Waals surface area contributed by atoms with Gasteiger partial charge in [0.15, 0.2) is 0 Å². The maximum absolute atomic E-state index is 12.2. The normalized spacial score (nSPS) is 27.7. The number of hydrogen-bond donors (Lipinski definition) is 1. The SMILES string of the molecule is O=C(N[C@@H]1CN(Cc2ccsc2)[C@@H]2CCCO[C@@H]21)c1ccno1. The number of nitrogens with zero attached hydrogens (tertiary/aromatic N) is 2. The summed E-state index contributed by atoms with van der Waals surface area (Å²) in [6.07, 6.45) is 3.72. The highest BCUT2D eigenvalue weighted by Gasteiger charge is 2.44. The average molecular weight is 333 g/mol. The van der Waals surface area contributed by atoms with Gasteiger partial charge in [-0.25, -0.2) is 0 Å². The van der Waals surface area contributed by atoms with E-state index in [9.17, 15) is 4.79 Å². The number of thiophene rings is 1. The van der Waals surface area contributed by atoms with Gasteiger partial charge < -0.3 is 14.6 Å². The Morgan fingerprint density at radius 1 is 1.48 bits per heavy atom. The minimum Gasteiger partial charge on any atom is -0.374 e. The maximum atomic E-state index is 12.2. The maximum Gasteiger partial charge on any atom is 0.290 e. The lowest BCUT2D eigenvalue weighted by atomic mass is 10.0. The largest absolute Gasteiger partial charge is 0.374 e. The van der Waals surface area contributed by atoms with Gasteiger partial charge in [-0.15, -0.1) is 0 Å². The van der Waals surface area contributed by atoms with Crippen LogP contribution in [0.4, 0.5) is 0 Å². The summed E-state index contributed by atoms with van der Waals surface area (Å²) in [6.45, 7) is 2.47. The van der Waals surface area contributed by atoms with E-state index in [-0.39, 0.29) is 23.8 Å². The molecule has 23 heavy (non-hydrogen) atoms. The van der Waals surface area contributed by atoms with Gasteiger partial charge in [0.05, 0.1) is 18.3 Å². The van der Waals surface area contributed by atoms with Gasteiger partial charge in [-0.3, -0.25) is 9.69 Å². The van der Waals surface area contributed by atoms with Gasteiger partial charge >= 0.3 is 0 Å². The number of carbonyl (C=O) groups is 1. The van der Waals surface area contributed by atoms with Crippen LogP contribution in [0.5, 0.6) is 0 Å². The Morgan fingerprint density at radius 3 is 3.22 bits per heavy atom. The lowest BCUT2D eigenvalue weighted by Gasteiger charge is -2.32. The number of amides is 1. The highest BCUT2D eigenvalue weighted by Crippen LogP contribution is 2.30. The van der Waals surface area contributed by atoms with E-state index in [2.05, 4.69) is 32.2 Å². The summed E-state index contributed by atoms with van der Waals surface area (Å²) in [6, 6.07) is 4.08. The molecule has 0 radical (unpaired) electrons. The number of likely N-dealkylation sites (tertiary alicyclic amines) is 1. The van der Waals surface area contributed by atoms with Crippen molar-refractivity contribution in [3.63, 3.8) is 0 Å². The molecule has 4 heterocycles. The second-order valence-electron chi connectivity index (χ2n) is 6.06. The summed E-state index contributed by atoms with van der Waals surface area (Å²) in [4.78, 5) is 14.7. The van der Waals surface area contributed by atoms with Crippen LogP contribution in [0.25, 0.3) is 0 Å². The van der Waals surface area contributed by atoms with E-state index in [1.54, 1.807) is 17.4 Å². The third-order valence-corrected chi connectivity index (χ3v) is 5.31. The second kappa shape index (κ2) is 6.43. The molecule has 3 atom stereocenters. The van der Waals surface area contributed by atoms with E-state index in [1.165, 1.54) is 11.8 Å². The number of carbonyl (C=O) groups excluding carboxylic acids is 1. The molecular weight excluding hydrogens is 314 g/mol. The minimum absolute atomic E-state index is 0.0171. The number of aromatic nitrogens is 1. The standard InChI is InChI=1S/C16H19N3O3S/c20-16(14-3-5-17-22-14)18-12-9-19(8-11-4-7-23-10-11)13-2-1-6-21-15(12)13/h3-5,7,10,12-13,15H,1-2,6,8-9H2,(H,18,20)/t12-,13-,15-/m1/s1. The van der Waals surface area contributed by atoms with E-state index >= 15 is 0 Å². The highest BCUT2D eigenvalue weighted by molar-refractivity contribution is 7.07. The Morgan fingerprint density at radius 2 is 2.43 bits per heavy atom. The van der Waals surface area contributed by atoms with Crippen LogP contribution in [-0.2, 0) is 11.3 Å². The summed E-state index contributed by atoms with van der Waals surface area (Å²) < 4.78 is 10.9. The van der Waals surface area contributed by atoms with Crippen LogP contribution < -0.4 is 5.32 Å². The van der Waals surface area contributed by atoms with Crippen molar-refractivity contribution in [2.75, 3.05) is 13.2 Å². The zero-order valence-corrected chi connectivity index (χ0v) is 13.5. The van der Waals surface area contributed by atoms with Crippen molar-refractivity contribution >= 4 is 17.2 Å². The lowest BCUT2D eigenvalue weighted by molar-refractivity contribution is -0.0212. The van der Waals surface area contributed by atoms with Gasteiger partial charge in [-0.05, 0) is 35.2 Å². The van der Waals surface area contributed by atoms with Crippen LogP contribution in [0.1, 0.15) is 29.0 Å². The first-order valence-electron chi connectivity index (χ1n) is 7.89. The van der Waals surface area contributed by atoms with Gasteiger partial charge in [0.1, 0.15) is 0 Å². The third kappa shape index (κ3) is 3.04. The van der Waals surface area contributed by atoms with Gasteiger partial charge in [0, 0.05) is 31.8 Å². The molecular formula is C16H19N3O3S. The molecule has 6 nitrogen and oxygen atoms in total. The summed E-state index contributed by atoms with van der Waals surface area (Å²) in [5.74, 6) is 0.0199. The van der Waals surface area contributed by atoms with Crippen LogP contribution in [0, 0.1) is 0 Å². The molecule has 0 aromatic carbocycles. The predicted molar refractivity (Wildman–Crippen MR) is 85.2 cm³/mol. The van der Waals surface area contributed by atoms with Crippen LogP contribution in [0.3, 0.4) is 0 Å². The first-order valence-corrected chi connectivity index (χ1v) is 8.84. The summed E-state index contributed by atoms with van der Waals surface area (Å²) in [5.41, 5.74) is 1.32.